The molecule has 0 aliphatic rings. The lowest BCUT2D eigenvalue weighted by Crippen LogP contribution is -2.35. The SMILES string of the molecule is CCCC(C)N(C)C(=O)c1cn[nH]c1N. The second-order valence-corrected chi connectivity index (χ2v) is 3.75. The van der Waals surface area contributed by atoms with Crippen LogP contribution in [0.15, 0.2) is 6.20 Å². The van der Waals surface area contributed by atoms with Crippen molar-refractivity contribution in [3.8, 4) is 0 Å². The smallest absolute Gasteiger partial charge is 0.259 e. The summed E-state index contributed by atoms with van der Waals surface area (Å²) in [6, 6.07) is 0.219. The van der Waals surface area contributed by atoms with Gasteiger partial charge in [-0.2, -0.15) is 5.10 Å². The zero-order chi connectivity index (χ0) is 11.4. The zero-order valence-corrected chi connectivity index (χ0v) is 9.45. The molecule has 0 aliphatic carbocycles. The van der Waals surface area contributed by atoms with Crippen LogP contribution in [0.3, 0.4) is 0 Å². The van der Waals surface area contributed by atoms with Crippen LogP contribution in [-0.4, -0.2) is 34.1 Å². The Kier molecular flexibility index (Phi) is 3.71. The molecule has 1 amide bonds. The molecule has 0 fully saturated rings. The fourth-order valence-electron chi connectivity index (χ4n) is 1.47. The van der Waals surface area contributed by atoms with E-state index in [2.05, 4.69) is 17.1 Å². The summed E-state index contributed by atoms with van der Waals surface area (Å²) in [5.41, 5.74) is 6.03. The molecule has 1 heterocycles. The molecule has 0 spiro atoms. The van der Waals surface area contributed by atoms with Crippen LogP contribution < -0.4 is 5.73 Å². The molecule has 1 aromatic rings. The number of nitrogen functional groups attached to an aromatic ring is 1. The van der Waals surface area contributed by atoms with Crippen LogP contribution in [0, 0.1) is 0 Å². The normalized spacial score (nSPS) is 12.5. The van der Waals surface area contributed by atoms with Gasteiger partial charge in [-0.15, -0.1) is 0 Å². The van der Waals surface area contributed by atoms with Gasteiger partial charge < -0.3 is 10.6 Å². The van der Waals surface area contributed by atoms with E-state index in [9.17, 15) is 4.79 Å². The fraction of sp³-hybridized carbons (Fsp3) is 0.600. The maximum absolute atomic E-state index is 11.9. The molecule has 0 aliphatic heterocycles. The fourth-order valence-corrected chi connectivity index (χ4v) is 1.47. The number of aromatic amines is 1. The van der Waals surface area contributed by atoms with E-state index in [-0.39, 0.29) is 11.9 Å². The number of amides is 1. The minimum Gasteiger partial charge on any atom is -0.383 e. The zero-order valence-electron chi connectivity index (χ0n) is 9.45. The molecule has 1 rings (SSSR count). The number of rotatable bonds is 4. The van der Waals surface area contributed by atoms with Gasteiger partial charge in [0.05, 0.1) is 6.20 Å². The second-order valence-electron chi connectivity index (χ2n) is 3.75. The predicted octanol–water partition coefficient (Wildman–Crippen LogP) is 1.25. The lowest BCUT2D eigenvalue weighted by Gasteiger charge is -2.24. The summed E-state index contributed by atoms with van der Waals surface area (Å²) in [5.74, 6) is 0.248. The van der Waals surface area contributed by atoms with Crippen molar-refractivity contribution in [3.63, 3.8) is 0 Å². The standard InChI is InChI=1S/C10H18N4O/c1-4-5-7(2)14(3)10(15)8-6-12-13-9(8)11/h6-7H,4-5H2,1-3H3,(H3,11,12,13). The van der Waals surface area contributed by atoms with E-state index in [0.717, 1.165) is 12.8 Å². The first-order valence-electron chi connectivity index (χ1n) is 5.14. The maximum atomic E-state index is 11.9. The number of aromatic nitrogens is 2. The summed E-state index contributed by atoms with van der Waals surface area (Å²) in [4.78, 5) is 13.6. The molecular weight excluding hydrogens is 192 g/mol. The van der Waals surface area contributed by atoms with Crippen molar-refractivity contribution in [2.75, 3.05) is 12.8 Å². The lowest BCUT2D eigenvalue weighted by atomic mass is 10.1. The highest BCUT2D eigenvalue weighted by Gasteiger charge is 2.19. The number of carbonyl (C=O) groups excluding carboxylic acids is 1. The summed E-state index contributed by atoms with van der Waals surface area (Å²) < 4.78 is 0. The number of nitrogens with zero attached hydrogens (tertiary/aromatic N) is 2. The van der Waals surface area contributed by atoms with Crippen LogP contribution in [0.4, 0.5) is 5.82 Å². The number of carbonyl (C=O) groups is 1. The van der Waals surface area contributed by atoms with Crippen molar-refractivity contribution in [1.29, 1.82) is 0 Å². The van der Waals surface area contributed by atoms with E-state index in [0.29, 0.717) is 11.4 Å². The van der Waals surface area contributed by atoms with Crippen LogP contribution in [0.2, 0.25) is 0 Å². The molecule has 1 aromatic heterocycles. The Balaban J connectivity index is 2.73. The molecule has 0 radical (unpaired) electrons. The summed E-state index contributed by atoms with van der Waals surface area (Å²) in [6.45, 7) is 4.12. The summed E-state index contributed by atoms with van der Waals surface area (Å²) >= 11 is 0. The summed E-state index contributed by atoms with van der Waals surface area (Å²) in [5, 5.41) is 6.29. The van der Waals surface area contributed by atoms with Crippen molar-refractivity contribution in [3.05, 3.63) is 11.8 Å². The van der Waals surface area contributed by atoms with Gasteiger partial charge in [0, 0.05) is 13.1 Å². The lowest BCUT2D eigenvalue weighted by molar-refractivity contribution is 0.0738. The van der Waals surface area contributed by atoms with Crippen molar-refractivity contribution in [2.45, 2.75) is 32.7 Å². The van der Waals surface area contributed by atoms with Gasteiger partial charge in [0.1, 0.15) is 11.4 Å². The number of nitrogens with two attached hydrogens (primary N) is 1. The maximum Gasteiger partial charge on any atom is 0.259 e. The van der Waals surface area contributed by atoms with E-state index in [1.807, 2.05) is 6.92 Å². The largest absolute Gasteiger partial charge is 0.383 e. The monoisotopic (exact) mass is 210 g/mol. The third-order valence-corrected chi connectivity index (χ3v) is 2.59. The Morgan fingerprint density at radius 1 is 1.73 bits per heavy atom. The molecule has 5 nitrogen and oxygen atoms in total. The second kappa shape index (κ2) is 4.82. The number of nitrogens with one attached hydrogen (secondary N) is 1. The molecule has 0 saturated heterocycles. The predicted molar refractivity (Wildman–Crippen MR) is 59.5 cm³/mol. The van der Waals surface area contributed by atoms with E-state index < -0.39 is 0 Å². The molecule has 3 N–H and O–H groups in total. The van der Waals surface area contributed by atoms with Crippen LogP contribution in [-0.2, 0) is 0 Å². The first kappa shape index (κ1) is 11.6. The Bertz CT molecular complexity index is 334. The van der Waals surface area contributed by atoms with Gasteiger partial charge >= 0.3 is 0 Å². The average Bonchev–Trinajstić information content (AvgIpc) is 2.62. The topological polar surface area (TPSA) is 75.0 Å². The Labute approximate surface area is 89.6 Å². The molecule has 15 heavy (non-hydrogen) atoms. The third kappa shape index (κ3) is 2.49. The van der Waals surface area contributed by atoms with Gasteiger partial charge in [0.25, 0.3) is 5.91 Å². The van der Waals surface area contributed by atoms with Crippen molar-refractivity contribution >= 4 is 11.7 Å². The summed E-state index contributed by atoms with van der Waals surface area (Å²) in [7, 11) is 1.79. The van der Waals surface area contributed by atoms with Gasteiger partial charge in [-0.05, 0) is 13.3 Å². The highest BCUT2D eigenvalue weighted by molar-refractivity contribution is 5.98. The number of anilines is 1. The first-order chi connectivity index (χ1) is 7.07. The number of hydrogen-bond acceptors (Lipinski definition) is 3. The van der Waals surface area contributed by atoms with Gasteiger partial charge in [-0.3, -0.25) is 9.89 Å². The molecular formula is C10H18N4O. The van der Waals surface area contributed by atoms with Gasteiger partial charge in [-0.1, -0.05) is 13.3 Å². The molecule has 84 valence electrons. The van der Waals surface area contributed by atoms with E-state index >= 15 is 0 Å². The molecule has 5 heteroatoms. The highest BCUT2D eigenvalue weighted by Crippen LogP contribution is 2.13. The molecule has 0 bridgehead atoms. The first-order valence-corrected chi connectivity index (χ1v) is 5.14. The van der Waals surface area contributed by atoms with Crippen molar-refractivity contribution in [1.82, 2.24) is 15.1 Å². The molecule has 1 unspecified atom stereocenters. The molecule has 1 atom stereocenters. The van der Waals surface area contributed by atoms with Gasteiger partial charge in [-0.25, -0.2) is 0 Å². The van der Waals surface area contributed by atoms with Crippen LogP contribution >= 0.6 is 0 Å². The van der Waals surface area contributed by atoms with Crippen LogP contribution in [0.5, 0.6) is 0 Å². The third-order valence-electron chi connectivity index (χ3n) is 2.59. The molecule has 0 saturated carbocycles. The Morgan fingerprint density at radius 3 is 2.87 bits per heavy atom. The van der Waals surface area contributed by atoms with E-state index in [4.69, 9.17) is 5.73 Å². The van der Waals surface area contributed by atoms with Crippen LogP contribution in [0.1, 0.15) is 37.0 Å². The minimum absolute atomic E-state index is 0.0813. The van der Waals surface area contributed by atoms with E-state index in [1.165, 1.54) is 6.20 Å². The number of H-pyrrole nitrogens is 1. The highest BCUT2D eigenvalue weighted by atomic mass is 16.2. The van der Waals surface area contributed by atoms with Gasteiger partial charge in [0.15, 0.2) is 0 Å². The Morgan fingerprint density at radius 2 is 2.40 bits per heavy atom. The molecule has 0 aromatic carbocycles. The minimum atomic E-state index is -0.0813. The van der Waals surface area contributed by atoms with Crippen LogP contribution in [0.25, 0.3) is 0 Å². The summed E-state index contributed by atoms with van der Waals surface area (Å²) in [6.07, 6.45) is 3.51. The van der Waals surface area contributed by atoms with E-state index in [1.54, 1.807) is 11.9 Å². The van der Waals surface area contributed by atoms with Crippen molar-refractivity contribution < 1.29 is 4.79 Å². The average molecular weight is 210 g/mol. The van der Waals surface area contributed by atoms with Crippen molar-refractivity contribution in [2.24, 2.45) is 0 Å². The van der Waals surface area contributed by atoms with Gasteiger partial charge in [0.2, 0.25) is 0 Å². The number of hydrogen-bond donors (Lipinski definition) is 2. The quantitative estimate of drug-likeness (QED) is 0.785. The Hall–Kier alpha value is -1.52.